The number of benzene rings is 2. The number of hydrogen-bond acceptors (Lipinski definition) is 2. The molecule has 0 amide bonds. The molecule has 2 fully saturated rings. The summed E-state index contributed by atoms with van der Waals surface area (Å²) in [5.74, 6) is -0.404. The molecule has 25 heavy (non-hydrogen) atoms. The van der Waals surface area contributed by atoms with Crippen molar-refractivity contribution in [3.8, 4) is 0 Å². The van der Waals surface area contributed by atoms with Crippen LogP contribution in [0.25, 0.3) is 0 Å². The minimum Gasteiger partial charge on any atom is -0.373 e. The van der Waals surface area contributed by atoms with Gasteiger partial charge in [0.15, 0.2) is 0 Å². The normalized spacial score (nSPS) is 32.1. The van der Waals surface area contributed by atoms with Gasteiger partial charge < -0.3 is 4.74 Å². The lowest BCUT2D eigenvalue weighted by atomic mass is 9.69. The van der Waals surface area contributed by atoms with Crippen molar-refractivity contribution in [1.29, 1.82) is 0 Å². The zero-order chi connectivity index (χ0) is 17.6. The minimum absolute atomic E-state index is 0.0762. The van der Waals surface area contributed by atoms with E-state index in [-0.39, 0.29) is 17.6 Å². The van der Waals surface area contributed by atoms with Crippen molar-refractivity contribution in [3.05, 3.63) is 71.3 Å². The first kappa shape index (κ1) is 16.7. The van der Waals surface area contributed by atoms with Crippen LogP contribution in [0.2, 0.25) is 0 Å². The second-order valence-electron chi connectivity index (χ2n) is 7.30. The van der Waals surface area contributed by atoms with Gasteiger partial charge in [0.05, 0.1) is 0 Å². The number of nitrogens with zero attached hydrogens (tertiary/aromatic N) is 1. The highest BCUT2D eigenvalue weighted by atomic mass is 19.1. The van der Waals surface area contributed by atoms with Crippen LogP contribution in [-0.2, 0) is 10.3 Å². The quantitative estimate of drug-likeness (QED) is 0.816. The van der Waals surface area contributed by atoms with E-state index >= 15 is 0 Å². The van der Waals surface area contributed by atoms with Gasteiger partial charge in [-0.2, -0.15) is 0 Å². The summed E-state index contributed by atoms with van der Waals surface area (Å²) in [6.07, 6.45) is 3.07. The Labute approximate surface area is 147 Å². The number of hydrogen-bond donors (Lipinski definition) is 0. The lowest BCUT2D eigenvalue weighted by molar-refractivity contribution is -0.100. The number of methoxy groups -OCH3 is 1. The predicted molar refractivity (Wildman–Crippen MR) is 93.4 cm³/mol. The fourth-order valence-electron chi connectivity index (χ4n) is 5.00. The van der Waals surface area contributed by atoms with Gasteiger partial charge in [0.1, 0.15) is 17.2 Å². The van der Waals surface area contributed by atoms with Gasteiger partial charge in [0.2, 0.25) is 0 Å². The molecule has 2 bridgehead atoms. The Morgan fingerprint density at radius 1 is 0.960 bits per heavy atom. The third-order valence-corrected chi connectivity index (χ3v) is 6.25. The number of piperidine rings is 1. The smallest absolute Gasteiger partial charge is 0.123 e. The Bertz CT molecular complexity index is 745. The Morgan fingerprint density at radius 2 is 1.56 bits per heavy atom. The van der Waals surface area contributed by atoms with Gasteiger partial charge in [0, 0.05) is 25.1 Å². The molecule has 0 saturated carbocycles. The maximum atomic E-state index is 13.5. The zero-order valence-electron chi connectivity index (χ0n) is 14.6. The van der Waals surface area contributed by atoms with Gasteiger partial charge in [-0.05, 0) is 61.7 Å². The van der Waals surface area contributed by atoms with Gasteiger partial charge in [-0.25, -0.2) is 8.78 Å². The summed E-state index contributed by atoms with van der Waals surface area (Å²) in [5.41, 5.74) is 1.55. The summed E-state index contributed by atoms with van der Waals surface area (Å²) in [6.45, 7) is 0. The SMILES string of the molecule is COC1(c2ccc(F)cc2)CC2CCC(C1c1ccc(F)cc1)N2C. The summed E-state index contributed by atoms with van der Waals surface area (Å²) in [4.78, 5) is 2.44. The van der Waals surface area contributed by atoms with Crippen LogP contribution in [0.5, 0.6) is 0 Å². The fourth-order valence-corrected chi connectivity index (χ4v) is 5.00. The molecule has 0 aromatic heterocycles. The van der Waals surface area contributed by atoms with E-state index in [2.05, 4.69) is 11.9 Å². The van der Waals surface area contributed by atoms with E-state index in [0.717, 1.165) is 30.4 Å². The lowest BCUT2D eigenvalue weighted by Gasteiger charge is -2.51. The van der Waals surface area contributed by atoms with E-state index in [9.17, 15) is 8.78 Å². The van der Waals surface area contributed by atoms with Crippen LogP contribution in [0.15, 0.2) is 48.5 Å². The van der Waals surface area contributed by atoms with Crippen LogP contribution in [0.4, 0.5) is 8.78 Å². The monoisotopic (exact) mass is 343 g/mol. The highest BCUT2D eigenvalue weighted by molar-refractivity contribution is 5.36. The Morgan fingerprint density at radius 3 is 2.16 bits per heavy atom. The average Bonchev–Trinajstić information content (AvgIpc) is 2.87. The predicted octanol–water partition coefficient (Wildman–Crippen LogP) is 4.46. The van der Waals surface area contributed by atoms with Crippen molar-refractivity contribution in [1.82, 2.24) is 4.90 Å². The van der Waals surface area contributed by atoms with E-state index < -0.39 is 5.60 Å². The average molecular weight is 343 g/mol. The van der Waals surface area contributed by atoms with E-state index in [0.29, 0.717) is 12.1 Å². The molecule has 4 unspecified atom stereocenters. The highest BCUT2D eigenvalue weighted by Crippen LogP contribution is 2.55. The highest BCUT2D eigenvalue weighted by Gasteiger charge is 2.55. The molecule has 4 atom stereocenters. The summed E-state index contributed by atoms with van der Waals surface area (Å²) < 4.78 is 33.1. The second-order valence-corrected chi connectivity index (χ2v) is 7.30. The molecule has 0 aliphatic carbocycles. The van der Waals surface area contributed by atoms with E-state index in [4.69, 9.17) is 4.74 Å². The maximum Gasteiger partial charge on any atom is 0.123 e. The molecule has 132 valence electrons. The Kier molecular flexibility index (Phi) is 4.13. The molecular weight excluding hydrogens is 320 g/mol. The molecule has 4 heteroatoms. The third-order valence-electron chi connectivity index (χ3n) is 6.25. The molecule has 0 spiro atoms. The van der Waals surface area contributed by atoms with Gasteiger partial charge in [-0.3, -0.25) is 4.90 Å². The molecule has 2 aromatic carbocycles. The molecule has 4 rings (SSSR count). The summed E-state index contributed by atoms with van der Waals surface area (Å²) in [7, 11) is 3.91. The number of rotatable bonds is 3. The lowest BCUT2D eigenvalue weighted by Crippen LogP contribution is -2.54. The van der Waals surface area contributed by atoms with Gasteiger partial charge >= 0.3 is 0 Å². The first-order valence-electron chi connectivity index (χ1n) is 8.84. The molecule has 2 aliphatic heterocycles. The van der Waals surface area contributed by atoms with Crippen LogP contribution in [0.3, 0.4) is 0 Å². The zero-order valence-corrected chi connectivity index (χ0v) is 14.6. The second kappa shape index (κ2) is 6.19. The van der Waals surface area contributed by atoms with Crippen LogP contribution in [-0.4, -0.2) is 31.1 Å². The van der Waals surface area contributed by atoms with E-state index in [1.54, 1.807) is 7.11 Å². The molecule has 0 N–H and O–H groups in total. The van der Waals surface area contributed by atoms with Gasteiger partial charge in [-0.15, -0.1) is 0 Å². The molecule has 0 radical (unpaired) electrons. The largest absolute Gasteiger partial charge is 0.373 e. The van der Waals surface area contributed by atoms with Crippen molar-refractivity contribution in [2.45, 2.75) is 42.9 Å². The summed E-state index contributed by atoms with van der Waals surface area (Å²) in [6, 6.07) is 14.2. The molecule has 2 nitrogen and oxygen atoms in total. The van der Waals surface area contributed by atoms with Crippen LogP contribution in [0.1, 0.15) is 36.3 Å². The van der Waals surface area contributed by atoms with Crippen LogP contribution >= 0.6 is 0 Å². The molecule has 2 aromatic rings. The minimum atomic E-state index is -0.524. The van der Waals surface area contributed by atoms with E-state index in [1.807, 2.05) is 24.3 Å². The topological polar surface area (TPSA) is 12.5 Å². The number of ether oxygens (including phenoxy) is 1. The van der Waals surface area contributed by atoms with Crippen molar-refractivity contribution in [2.75, 3.05) is 14.2 Å². The molecule has 2 heterocycles. The van der Waals surface area contributed by atoms with Gasteiger partial charge in [0.25, 0.3) is 0 Å². The molecular formula is C21H23F2NO. The maximum absolute atomic E-state index is 13.5. The first-order chi connectivity index (χ1) is 12.0. The summed E-state index contributed by atoms with van der Waals surface area (Å²) >= 11 is 0. The van der Waals surface area contributed by atoms with Crippen molar-refractivity contribution in [3.63, 3.8) is 0 Å². The number of likely N-dealkylation sites (N-methyl/N-ethyl adjacent to an activating group) is 1. The van der Waals surface area contributed by atoms with E-state index in [1.165, 1.54) is 24.3 Å². The standard InChI is InChI=1S/C21H23F2NO/c1-24-18-11-12-19(24)20(14-3-7-16(22)8-4-14)21(13-18,25-2)15-5-9-17(23)10-6-15/h3-10,18-20H,11-13H2,1-2H3. The first-order valence-corrected chi connectivity index (χ1v) is 8.84. The number of halogens is 2. The van der Waals surface area contributed by atoms with Crippen molar-refractivity contribution in [2.24, 2.45) is 0 Å². The van der Waals surface area contributed by atoms with Crippen molar-refractivity contribution < 1.29 is 13.5 Å². The fraction of sp³-hybridized carbons (Fsp3) is 0.429. The molecule has 2 aliphatic rings. The van der Waals surface area contributed by atoms with Crippen molar-refractivity contribution >= 4 is 0 Å². The summed E-state index contributed by atoms with van der Waals surface area (Å²) in [5, 5.41) is 0. The van der Waals surface area contributed by atoms with Crippen LogP contribution < -0.4 is 0 Å². The van der Waals surface area contributed by atoms with Crippen LogP contribution in [0, 0.1) is 11.6 Å². The Balaban J connectivity index is 1.87. The number of fused-ring (bicyclic) bond motifs is 2. The molecule has 2 saturated heterocycles. The van der Waals surface area contributed by atoms with Gasteiger partial charge in [-0.1, -0.05) is 24.3 Å². The third kappa shape index (κ3) is 2.59. The Hall–Kier alpha value is -1.78.